The monoisotopic (exact) mass is 279 g/mol. The van der Waals surface area contributed by atoms with Crippen molar-refractivity contribution in [3.8, 4) is 17.0 Å². The van der Waals surface area contributed by atoms with Gasteiger partial charge in [0.1, 0.15) is 17.3 Å². The van der Waals surface area contributed by atoms with Gasteiger partial charge in [-0.25, -0.2) is 4.98 Å². The second kappa shape index (κ2) is 5.71. The first kappa shape index (κ1) is 13.2. The summed E-state index contributed by atoms with van der Waals surface area (Å²) in [6, 6.07) is 17.9. The summed E-state index contributed by atoms with van der Waals surface area (Å²) in [7, 11) is 1.65. The molecule has 0 aliphatic rings. The van der Waals surface area contributed by atoms with Crippen LogP contribution in [0.2, 0.25) is 0 Å². The minimum atomic E-state index is 0.642. The van der Waals surface area contributed by atoms with E-state index in [2.05, 4.69) is 17.1 Å². The molecule has 0 fully saturated rings. The zero-order valence-corrected chi connectivity index (χ0v) is 11.9. The Hall–Kier alpha value is -2.75. The Morgan fingerprint density at radius 2 is 1.76 bits per heavy atom. The van der Waals surface area contributed by atoms with Crippen molar-refractivity contribution in [2.75, 3.05) is 12.8 Å². The summed E-state index contributed by atoms with van der Waals surface area (Å²) in [5, 5.41) is 0. The van der Waals surface area contributed by atoms with Crippen LogP contribution in [-0.2, 0) is 6.54 Å². The molecule has 2 N–H and O–H groups in total. The van der Waals surface area contributed by atoms with E-state index in [-0.39, 0.29) is 0 Å². The van der Waals surface area contributed by atoms with E-state index in [1.807, 2.05) is 47.0 Å². The Morgan fingerprint density at radius 1 is 1.05 bits per heavy atom. The van der Waals surface area contributed by atoms with Gasteiger partial charge in [0.25, 0.3) is 0 Å². The number of imidazole rings is 1. The van der Waals surface area contributed by atoms with Crippen LogP contribution in [0, 0.1) is 0 Å². The predicted octanol–water partition coefficient (Wildman–Crippen LogP) is 3.19. The van der Waals surface area contributed by atoms with Gasteiger partial charge in [-0.05, 0) is 17.7 Å². The first-order valence-electron chi connectivity index (χ1n) is 6.77. The predicted molar refractivity (Wildman–Crippen MR) is 84.2 cm³/mol. The fourth-order valence-electron chi connectivity index (χ4n) is 2.35. The summed E-state index contributed by atoms with van der Waals surface area (Å²) >= 11 is 0. The number of nitrogens with zero attached hydrogens (tertiary/aromatic N) is 2. The maximum atomic E-state index is 6.25. The normalized spacial score (nSPS) is 10.5. The molecule has 0 saturated heterocycles. The fourth-order valence-corrected chi connectivity index (χ4v) is 2.35. The van der Waals surface area contributed by atoms with Crippen molar-refractivity contribution in [2.45, 2.75) is 6.54 Å². The van der Waals surface area contributed by atoms with Crippen molar-refractivity contribution in [1.82, 2.24) is 9.55 Å². The number of hydrogen-bond acceptors (Lipinski definition) is 3. The van der Waals surface area contributed by atoms with Gasteiger partial charge in [-0.15, -0.1) is 0 Å². The van der Waals surface area contributed by atoms with Gasteiger partial charge in [0.05, 0.1) is 20.0 Å². The Balaban J connectivity index is 1.96. The molecule has 0 aliphatic heterocycles. The van der Waals surface area contributed by atoms with Crippen LogP contribution in [0.4, 0.5) is 5.82 Å². The highest BCUT2D eigenvalue weighted by atomic mass is 16.5. The third-order valence-corrected chi connectivity index (χ3v) is 3.44. The Morgan fingerprint density at radius 3 is 2.52 bits per heavy atom. The molecule has 4 heteroatoms. The van der Waals surface area contributed by atoms with E-state index in [1.54, 1.807) is 13.4 Å². The molecule has 0 spiro atoms. The van der Waals surface area contributed by atoms with Crippen molar-refractivity contribution in [2.24, 2.45) is 0 Å². The molecule has 0 unspecified atom stereocenters. The van der Waals surface area contributed by atoms with Crippen LogP contribution in [0.5, 0.6) is 5.75 Å². The fraction of sp³-hybridized carbons (Fsp3) is 0.118. The Kier molecular flexibility index (Phi) is 3.60. The van der Waals surface area contributed by atoms with Crippen LogP contribution in [0.25, 0.3) is 11.3 Å². The van der Waals surface area contributed by atoms with Gasteiger partial charge in [0.15, 0.2) is 0 Å². The molecule has 1 aromatic heterocycles. The molecule has 2 aromatic carbocycles. The maximum Gasteiger partial charge on any atom is 0.131 e. The number of ether oxygens (including phenoxy) is 1. The van der Waals surface area contributed by atoms with Crippen LogP contribution in [0.15, 0.2) is 60.9 Å². The van der Waals surface area contributed by atoms with Gasteiger partial charge in [-0.1, -0.05) is 42.5 Å². The molecule has 21 heavy (non-hydrogen) atoms. The van der Waals surface area contributed by atoms with Crippen molar-refractivity contribution in [3.63, 3.8) is 0 Å². The number of nitrogen functional groups attached to an aromatic ring is 1. The molecule has 0 atom stereocenters. The number of benzene rings is 2. The van der Waals surface area contributed by atoms with Crippen molar-refractivity contribution >= 4 is 5.82 Å². The molecule has 106 valence electrons. The molecule has 4 nitrogen and oxygen atoms in total. The average Bonchev–Trinajstić information content (AvgIpc) is 2.89. The van der Waals surface area contributed by atoms with E-state index in [0.717, 1.165) is 17.0 Å². The molecule has 0 aliphatic carbocycles. The van der Waals surface area contributed by atoms with Crippen LogP contribution in [0.1, 0.15) is 5.56 Å². The summed E-state index contributed by atoms with van der Waals surface area (Å²) in [5.41, 5.74) is 9.10. The van der Waals surface area contributed by atoms with Crippen molar-refractivity contribution < 1.29 is 4.74 Å². The SMILES string of the molecule is COc1ccccc1-c1ncn(Cc2ccccc2)c1N. The molecule has 0 bridgehead atoms. The second-order valence-corrected chi connectivity index (χ2v) is 4.79. The molecule has 0 amide bonds. The van der Waals surface area contributed by atoms with E-state index in [0.29, 0.717) is 12.4 Å². The van der Waals surface area contributed by atoms with Crippen LogP contribution >= 0.6 is 0 Å². The highest BCUT2D eigenvalue weighted by Gasteiger charge is 2.13. The van der Waals surface area contributed by atoms with E-state index in [9.17, 15) is 0 Å². The Labute approximate surface area is 123 Å². The number of anilines is 1. The zero-order valence-electron chi connectivity index (χ0n) is 11.9. The molecular formula is C17H17N3O. The first-order valence-corrected chi connectivity index (χ1v) is 6.77. The first-order chi connectivity index (χ1) is 10.3. The van der Waals surface area contributed by atoms with Gasteiger partial charge in [0.2, 0.25) is 0 Å². The molecule has 1 heterocycles. The summed E-state index contributed by atoms with van der Waals surface area (Å²) in [5.74, 6) is 1.41. The van der Waals surface area contributed by atoms with Gasteiger partial charge in [-0.2, -0.15) is 0 Å². The summed E-state index contributed by atoms with van der Waals surface area (Å²) < 4.78 is 7.32. The van der Waals surface area contributed by atoms with Crippen molar-refractivity contribution in [1.29, 1.82) is 0 Å². The highest BCUT2D eigenvalue weighted by molar-refractivity contribution is 5.75. The second-order valence-electron chi connectivity index (χ2n) is 4.79. The summed E-state index contributed by atoms with van der Waals surface area (Å²) in [4.78, 5) is 4.45. The van der Waals surface area contributed by atoms with Gasteiger partial charge >= 0.3 is 0 Å². The number of aromatic nitrogens is 2. The molecule has 3 rings (SSSR count). The number of methoxy groups -OCH3 is 1. The standard InChI is InChI=1S/C17H17N3O/c1-21-15-10-6-5-9-14(15)16-17(18)20(12-19-16)11-13-7-3-2-4-8-13/h2-10,12H,11,18H2,1H3. The van der Waals surface area contributed by atoms with Gasteiger partial charge < -0.3 is 15.0 Å². The lowest BCUT2D eigenvalue weighted by Crippen LogP contribution is -2.03. The largest absolute Gasteiger partial charge is 0.496 e. The third-order valence-electron chi connectivity index (χ3n) is 3.44. The topological polar surface area (TPSA) is 53.1 Å². The number of para-hydroxylation sites is 1. The summed E-state index contributed by atoms with van der Waals surface area (Å²) in [6.07, 6.45) is 1.77. The van der Waals surface area contributed by atoms with E-state index in [4.69, 9.17) is 10.5 Å². The lowest BCUT2D eigenvalue weighted by Gasteiger charge is -2.08. The number of rotatable bonds is 4. The molecular weight excluding hydrogens is 262 g/mol. The lowest BCUT2D eigenvalue weighted by atomic mass is 10.1. The van der Waals surface area contributed by atoms with Crippen LogP contribution in [0.3, 0.4) is 0 Å². The van der Waals surface area contributed by atoms with E-state index >= 15 is 0 Å². The van der Waals surface area contributed by atoms with Crippen LogP contribution in [-0.4, -0.2) is 16.7 Å². The van der Waals surface area contributed by atoms with E-state index in [1.165, 1.54) is 5.56 Å². The Bertz CT molecular complexity index is 735. The molecule has 0 radical (unpaired) electrons. The van der Waals surface area contributed by atoms with Crippen molar-refractivity contribution in [3.05, 3.63) is 66.5 Å². The molecule has 3 aromatic rings. The van der Waals surface area contributed by atoms with Gasteiger partial charge in [-0.3, -0.25) is 0 Å². The average molecular weight is 279 g/mol. The minimum absolute atomic E-state index is 0.642. The van der Waals surface area contributed by atoms with Gasteiger partial charge in [0, 0.05) is 5.56 Å². The number of nitrogens with two attached hydrogens (primary N) is 1. The van der Waals surface area contributed by atoms with E-state index < -0.39 is 0 Å². The van der Waals surface area contributed by atoms with Crippen LogP contribution < -0.4 is 10.5 Å². The zero-order chi connectivity index (χ0) is 14.7. The minimum Gasteiger partial charge on any atom is -0.496 e. The smallest absolute Gasteiger partial charge is 0.131 e. The number of hydrogen-bond donors (Lipinski definition) is 1. The highest BCUT2D eigenvalue weighted by Crippen LogP contribution is 2.32. The quantitative estimate of drug-likeness (QED) is 0.798. The summed E-state index contributed by atoms with van der Waals surface area (Å²) in [6.45, 7) is 0.703. The maximum absolute atomic E-state index is 6.25. The third kappa shape index (κ3) is 2.60. The molecule has 0 saturated carbocycles. The lowest BCUT2D eigenvalue weighted by molar-refractivity contribution is 0.416.